The third-order valence-corrected chi connectivity index (χ3v) is 4.80. The third-order valence-electron chi connectivity index (χ3n) is 4.80. The summed E-state index contributed by atoms with van der Waals surface area (Å²) in [6.45, 7) is 5.49. The van der Waals surface area contributed by atoms with Gasteiger partial charge >= 0.3 is 0 Å². The lowest BCUT2D eigenvalue weighted by Crippen LogP contribution is -2.41. The molecule has 2 heterocycles. The molecule has 0 amide bonds. The third kappa shape index (κ3) is 2.96. The van der Waals surface area contributed by atoms with E-state index in [0.29, 0.717) is 0 Å². The summed E-state index contributed by atoms with van der Waals surface area (Å²) in [6.07, 6.45) is 7.68. The normalized spacial score (nSPS) is 23.1. The van der Waals surface area contributed by atoms with Gasteiger partial charge in [-0.1, -0.05) is 38.3 Å². The number of benzene rings is 1. The molecule has 3 rings (SSSR count). The molecule has 2 heteroatoms. The first-order valence-electron chi connectivity index (χ1n) is 8.36. The van der Waals surface area contributed by atoms with Crippen LogP contribution in [0.5, 0.6) is 0 Å². The first-order chi connectivity index (χ1) is 10.2. The summed E-state index contributed by atoms with van der Waals surface area (Å²) in [5, 5.41) is 5.13. The van der Waals surface area contributed by atoms with E-state index in [0.717, 1.165) is 17.8 Å². The molecular weight excluding hydrogens is 256 g/mol. The molecule has 1 aromatic carbocycles. The molecule has 1 fully saturated rings. The number of aryl methyl sites for hydroxylation is 1. The Bertz CT molecular complexity index is 610. The Hall–Kier alpha value is -1.41. The molecule has 0 bridgehead atoms. The molecule has 1 saturated heterocycles. The SMILES string of the molecule is CCCC1(c2ccc3nc(C)ccc3c2)CCCCCN1. The maximum Gasteiger partial charge on any atom is 0.0705 e. The Morgan fingerprint density at radius 3 is 2.90 bits per heavy atom. The van der Waals surface area contributed by atoms with E-state index in [1.807, 2.05) is 0 Å². The Balaban J connectivity index is 2.04. The lowest BCUT2D eigenvalue weighted by atomic mass is 9.81. The van der Waals surface area contributed by atoms with Crippen LogP contribution in [0.25, 0.3) is 10.9 Å². The van der Waals surface area contributed by atoms with Gasteiger partial charge in [0.05, 0.1) is 5.52 Å². The van der Waals surface area contributed by atoms with Crippen molar-refractivity contribution in [3.05, 3.63) is 41.6 Å². The molecule has 112 valence electrons. The van der Waals surface area contributed by atoms with Gasteiger partial charge in [-0.25, -0.2) is 0 Å². The summed E-state index contributed by atoms with van der Waals surface area (Å²) in [5.41, 5.74) is 3.82. The van der Waals surface area contributed by atoms with Crippen molar-refractivity contribution in [2.24, 2.45) is 0 Å². The van der Waals surface area contributed by atoms with E-state index >= 15 is 0 Å². The number of aromatic nitrogens is 1. The first-order valence-corrected chi connectivity index (χ1v) is 8.36. The molecular formula is C19H26N2. The maximum absolute atomic E-state index is 4.63. The highest BCUT2D eigenvalue weighted by Crippen LogP contribution is 2.35. The smallest absolute Gasteiger partial charge is 0.0705 e. The quantitative estimate of drug-likeness (QED) is 0.882. The molecule has 2 aromatic rings. The van der Waals surface area contributed by atoms with Crippen LogP contribution in [-0.2, 0) is 5.54 Å². The van der Waals surface area contributed by atoms with Crippen molar-refractivity contribution in [1.29, 1.82) is 0 Å². The van der Waals surface area contributed by atoms with Crippen molar-refractivity contribution in [3.63, 3.8) is 0 Å². The highest BCUT2D eigenvalue weighted by Gasteiger charge is 2.31. The molecule has 2 nitrogen and oxygen atoms in total. The lowest BCUT2D eigenvalue weighted by molar-refractivity contribution is 0.297. The minimum Gasteiger partial charge on any atom is -0.307 e. The van der Waals surface area contributed by atoms with Crippen LogP contribution in [0.4, 0.5) is 0 Å². The van der Waals surface area contributed by atoms with Crippen molar-refractivity contribution in [1.82, 2.24) is 10.3 Å². The zero-order chi connectivity index (χ0) is 14.7. The fraction of sp³-hybridized carbons (Fsp3) is 0.526. The largest absolute Gasteiger partial charge is 0.307 e. The number of nitrogens with one attached hydrogen (secondary N) is 1. The van der Waals surface area contributed by atoms with Crippen LogP contribution in [0.3, 0.4) is 0 Å². The van der Waals surface area contributed by atoms with Gasteiger partial charge in [0.15, 0.2) is 0 Å². The van der Waals surface area contributed by atoms with Gasteiger partial charge in [-0.15, -0.1) is 0 Å². The number of rotatable bonds is 3. The topological polar surface area (TPSA) is 24.9 Å². The number of pyridine rings is 1. The Morgan fingerprint density at radius 2 is 2.05 bits per heavy atom. The fourth-order valence-corrected chi connectivity index (χ4v) is 3.70. The van der Waals surface area contributed by atoms with Gasteiger partial charge in [0.25, 0.3) is 0 Å². The van der Waals surface area contributed by atoms with Gasteiger partial charge in [-0.2, -0.15) is 0 Å². The minimum absolute atomic E-state index is 0.171. The van der Waals surface area contributed by atoms with E-state index in [2.05, 4.69) is 54.5 Å². The second-order valence-corrected chi connectivity index (χ2v) is 6.43. The monoisotopic (exact) mass is 282 g/mol. The highest BCUT2D eigenvalue weighted by atomic mass is 15.0. The van der Waals surface area contributed by atoms with Gasteiger partial charge in [0.2, 0.25) is 0 Å². The van der Waals surface area contributed by atoms with Crippen molar-refractivity contribution < 1.29 is 0 Å². The van der Waals surface area contributed by atoms with Crippen molar-refractivity contribution in [2.75, 3.05) is 6.54 Å². The Morgan fingerprint density at radius 1 is 1.14 bits per heavy atom. The lowest BCUT2D eigenvalue weighted by Gasteiger charge is -2.34. The van der Waals surface area contributed by atoms with Crippen LogP contribution in [0, 0.1) is 6.92 Å². The van der Waals surface area contributed by atoms with Crippen LogP contribution in [0.1, 0.15) is 56.7 Å². The average molecular weight is 282 g/mol. The maximum atomic E-state index is 4.63. The van der Waals surface area contributed by atoms with Crippen LogP contribution < -0.4 is 5.32 Å². The molecule has 0 radical (unpaired) electrons. The molecule has 1 atom stereocenters. The number of fused-ring (bicyclic) bond motifs is 1. The number of nitrogens with zero attached hydrogens (tertiary/aromatic N) is 1. The van der Waals surface area contributed by atoms with E-state index in [9.17, 15) is 0 Å². The van der Waals surface area contributed by atoms with Crippen molar-refractivity contribution >= 4 is 10.9 Å². The van der Waals surface area contributed by atoms with Gasteiger partial charge < -0.3 is 5.32 Å². The molecule has 0 spiro atoms. The molecule has 0 saturated carbocycles. The van der Waals surface area contributed by atoms with E-state index in [-0.39, 0.29) is 5.54 Å². The zero-order valence-corrected chi connectivity index (χ0v) is 13.3. The summed E-state index contributed by atoms with van der Waals surface area (Å²) in [7, 11) is 0. The standard InChI is InChI=1S/C19H26N2/c1-3-11-19(12-5-4-6-13-20-19)17-9-10-18-16(14-17)8-7-15(2)21-18/h7-10,14,20H,3-6,11-13H2,1-2H3. The molecule has 1 aromatic heterocycles. The van der Waals surface area contributed by atoms with Crippen LogP contribution in [0.15, 0.2) is 30.3 Å². The van der Waals surface area contributed by atoms with E-state index in [4.69, 9.17) is 0 Å². The van der Waals surface area contributed by atoms with Gasteiger partial charge in [-0.3, -0.25) is 4.98 Å². The molecule has 21 heavy (non-hydrogen) atoms. The van der Waals surface area contributed by atoms with Crippen LogP contribution >= 0.6 is 0 Å². The second kappa shape index (κ2) is 6.15. The molecule has 0 aliphatic carbocycles. The Kier molecular flexibility index (Phi) is 4.25. The van der Waals surface area contributed by atoms with Crippen LogP contribution in [0.2, 0.25) is 0 Å². The summed E-state index contributed by atoms with van der Waals surface area (Å²) in [5.74, 6) is 0. The zero-order valence-electron chi connectivity index (χ0n) is 13.3. The van der Waals surface area contributed by atoms with E-state index in [1.54, 1.807) is 0 Å². The predicted octanol–water partition coefficient (Wildman–Crippen LogP) is 4.70. The van der Waals surface area contributed by atoms with E-state index < -0.39 is 0 Å². The summed E-state index contributed by atoms with van der Waals surface area (Å²) < 4.78 is 0. The molecule has 1 N–H and O–H groups in total. The first kappa shape index (κ1) is 14.5. The van der Waals surface area contributed by atoms with E-state index in [1.165, 1.54) is 49.5 Å². The van der Waals surface area contributed by atoms with Gasteiger partial charge in [0, 0.05) is 16.6 Å². The summed E-state index contributed by atoms with van der Waals surface area (Å²) in [6, 6.07) is 11.2. The fourth-order valence-electron chi connectivity index (χ4n) is 3.70. The second-order valence-electron chi connectivity index (χ2n) is 6.43. The molecule has 1 aliphatic rings. The summed E-state index contributed by atoms with van der Waals surface area (Å²) >= 11 is 0. The number of hydrogen-bond donors (Lipinski definition) is 1. The minimum atomic E-state index is 0.171. The highest BCUT2D eigenvalue weighted by molar-refractivity contribution is 5.79. The Labute approximate surface area is 128 Å². The molecule has 1 unspecified atom stereocenters. The van der Waals surface area contributed by atoms with Crippen LogP contribution in [-0.4, -0.2) is 11.5 Å². The van der Waals surface area contributed by atoms with Crippen molar-refractivity contribution in [2.45, 2.75) is 57.9 Å². The van der Waals surface area contributed by atoms with Gasteiger partial charge in [0.1, 0.15) is 0 Å². The predicted molar refractivity (Wildman–Crippen MR) is 89.5 cm³/mol. The van der Waals surface area contributed by atoms with Crippen molar-refractivity contribution in [3.8, 4) is 0 Å². The summed E-state index contributed by atoms with van der Waals surface area (Å²) in [4.78, 5) is 4.63. The molecule has 1 aliphatic heterocycles. The number of hydrogen-bond acceptors (Lipinski definition) is 2. The van der Waals surface area contributed by atoms with Gasteiger partial charge in [-0.05, 0) is 56.5 Å². The average Bonchev–Trinajstić information content (AvgIpc) is 2.73.